The molecule has 0 radical (unpaired) electrons. The second-order valence-electron chi connectivity index (χ2n) is 6.34. The van der Waals surface area contributed by atoms with Gasteiger partial charge in [-0.05, 0) is 36.6 Å². The van der Waals surface area contributed by atoms with Gasteiger partial charge in [-0.15, -0.1) is 0 Å². The fourth-order valence-corrected chi connectivity index (χ4v) is 2.64. The molecule has 0 unspecified atom stereocenters. The Kier molecular flexibility index (Phi) is 5.11. The summed E-state index contributed by atoms with van der Waals surface area (Å²) in [5, 5.41) is 6.22. The Bertz CT molecular complexity index is 925. The SMILES string of the molecule is Cc1cc(Nc2ccccc2C(C)C)nc(Nc2ccc(F)c(F)c2)n1. The van der Waals surface area contributed by atoms with Gasteiger partial charge in [0.2, 0.25) is 5.95 Å². The monoisotopic (exact) mass is 354 g/mol. The molecule has 3 rings (SSSR count). The van der Waals surface area contributed by atoms with Crippen LogP contribution in [0.4, 0.5) is 31.9 Å². The van der Waals surface area contributed by atoms with E-state index in [2.05, 4.69) is 40.5 Å². The van der Waals surface area contributed by atoms with E-state index in [1.54, 1.807) is 0 Å². The minimum Gasteiger partial charge on any atom is -0.340 e. The smallest absolute Gasteiger partial charge is 0.229 e. The molecule has 1 aromatic heterocycles. The molecule has 0 fully saturated rings. The lowest BCUT2D eigenvalue weighted by atomic mass is 10.0. The van der Waals surface area contributed by atoms with E-state index in [0.29, 0.717) is 23.4 Å². The van der Waals surface area contributed by atoms with Crippen molar-refractivity contribution < 1.29 is 8.78 Å². The lowest BCUT2D eigenvalue weighted by molar-refractivity contribution is 0.509. The molecule has 0 amide bonds. The Morgan fingerprint density at radius 3 is 2.38 bits per heavy atom. The molecule has 0 saturated heterocycles. The molecular weight excluding hydrogens is 334 g/mol. The molecule has 3 aromatic rings. The standard InChI is InChI=1S/C20H20F2N4/c1-12(2)15-6-4-5-7-18(15)25-19-10-13(3)23-20(26-19)24-14-8-9-16(21)17(22)11-14/h4-12H,1-3H3,(H2,23,24,25,26). The van der Waals surface area contributed by atoms with Gasteiger partial charge < -0.3 is 10.6 Å². The average molecular weight is 354 g/mol. The Hall–Kier alpha value is -3.02. The van der Waals surface area contributed by atoms with Crippen molar-refractivity contribution in [3.8, 4) is 0 Å². The maximum absolute atomic E-state index is 13.4. The van der Waals surface area contributed by atoms with Crippen LogP contribution < -0.4 is 10.6 Å². The number of anilines is 4. The first kappa shape index (κ1) is 17.8. The number of benzene rings is 2. The van der Waals surface area contributed by atoms with E-state index in [1.807, 2.05) is 31.2 Å². The number of aryl methyl sites for hydroxylation is 1. The first-order chi connectivity index (χ1) is 12.4. The first-order valence-electron chi connectivity index (χ1n) is 8.36. The highest BCUT2D eigenvalue weighted by atomic mass is 19.2. The lowest BCUT2D eigenvalue weighted by Gasteiger charge is -2.15. The van der Waals surface area contributed by atoms with E-state index < -0.39 is 11.6 Å². The third-order valence-corrected chi connectivity index (χ3v) is 3.88. The zero-order valence-corrected chi connectivity index (χ0v) is 14.8. The summed E-state index contributed by atoms with van der Waals surface area (Å²) in [6.45, 7) is 6.10. The second-order valence-corrected chi connectivity index (χ2v) is 6.34. The van der Waals surface area contributed by atoms with Gasteiger partial charge >= 0.3 is 0 Å². The predicted octanol–water partition coefficient (Wildman–Crippen LogP) is 5.67. The van der Waals surface area contributed by atoms with Gasteiger partial charge in [0.05, 0.1) is 0 Å². The van der Waals surface area contributed by atoms with Crippen molar-refractivity contribution in [2.75, 3.05) is 10.6 Å². The van der Waals surface area contributed by atoms with E-state index in [-0.39, 0.29) is 0 Å². The van der Waals surface area contributed by atoms with Gasteiger partial charge in [-0.1, -0.05) is 32.0 Å². The minimum atomic E-state index is -0.924. The molecule has 0 atom stereocenters. The molecular formula is C20H20F2N4. The predicted molar refractivity (Wildman–Crippen MR) is 100 cm³/mol. The summed E-state index contributed by atoms with van der Waals surface area (Å²) in [4.78, 5) is 8.73. The average Bonchev–Trinajstić information content (AvgIpc) is 2.58. The van der Waals surface area contributed by atoms with Gasteiger partial charge in [0.1, 0.15) is 5.82 Å². The van der Waals surface area contributed by atoms with Crippen LogP contribution in [0, 0.1) is 18.6 Å². The quantitative estimate of drug-likeness (QED) is 0.619. The van der Waals surface area contributed by atoms with Crippen molar-refractivity contribution in [1.29, 1.82) is 0 Å². The van der Waals surface area contributed by atoms with Crippen LogP contribution in [0.2, 0.25) is 0 Å². The third-order valence-electron chi connectivity index (χ3n) is 3.88. The topological polar surface area (TPSA) is 49.8 Å². The van der Waals surface area contributed by atoms with Crippen molar-refractivity contribution in [2.45, 2.75) is 26.7 Å². The maximum Gasteiger partial charge on any atom is 0.229 e. The zero-order chi connectivity index (χ0) is 18.7. The summed E-state index contributed by atoms with van der Waals surface area (Å²) < 4.78 is 26.4. The van der Waals surface area contributed by atoms with E-state index in [9.17, 15) is 8.78 Å². The Morgan fingerprint density at radius 2 is 1.65 bits per heavy atom. The Balaban J connectivity index is 1.87. The molecule has 2 N–H and O–H groups in total. The van der Waals surface area contributed by atoms with Crippen molar-refractivity contribution in [2.24, 2.45) is 0 Å². The molecule has 4 nitrogen and oxygen atoms in total. The molecule has 6 heteroatoms. The molecule has 134 valence electrons. The normalized spacial score (nSPS) is 10.8. The highest BCUT2D eigenvalue weighted by molar-refractivity contribution is 5.63. The van der Waals surface area contributed by atoms with Crippen molar-refractivity contribution >= 4 is 23.1 Å². The van der Waals surface area contributed by atoms with Crippen LogP contribution in [-0.4, -0.2) is 9.97 Å². The summed E-state index contributed by atoms with van der Waals surface area (Å²) in [6.07, 6.45) is 0. The first-order valence-corrected chi connectivity index (χ1v) is 8.36. The van der Waals surface area contributed by atoms with E-state index in [0.717, 1.165) is 23.5 Å². The number of nitrogens with zero attached hydrogens (tertiary/aromatic N) is 2. The fraction of sp³-hybridized carbons (Fsp3) is 0.200. The molecule has 0 saturated carbocycles. The molecule has 0 aliphatic carbocycles. The molecule has 2 aromatic carbocycles. The summed E-state index contributed by atoms with van der Waals surface area (Å²) in [7, 11) is 0. The van der Waals surface area contributed by atoms with E-state index in [1.165, 1.54) is 11.6 Å². The number of aromatic nitrogens is 2. The van der Waals surface area contributed by atoms with Crippen LogP contribution in [0.5, 0.6) is 0 Å². The highest BCUT2D eigenvalue weighted by Gasteiger charge is 2.09. The number of nitrogens with one attached hydrogen (secondary N) is 2. The number of hydrogen-bond donors (Lipinski definition) is 2. The van der Waals surface area contributed by atoms with Crippen LogP contribution in [-0.2, 0) is 0 Å². The van der Waals surface area contributed by atoms with Crippen molar-refractivity contribution in [1.82, 2.24) is 9.97 Å². The molecule has 0 spiro atoms. The Morgan fingerprint density at radius 1 is 0.885 bits per heavy atom. The molecule has 0 aliphatic heterocycles. The molecule has 26 heavy (non-hydrogen) atoms. The van der Waals surface area contributed by atoms with Gasteiger partial charge in [0.25, 0.3) is 0 Å². The highest BCUT2D eigenvalue weighted by Crippen LogP contribution is 2.27. The van der Waals surface area contributed by atoms with Crippen LogP contribution in [0.15, 0.2) is 48.5 Å². The van der Waals surface area contributed by atoms with Gasteiger partial charge in [-0.3, -0.25) is 0 Å². The largest absolute Gasteiger partial charge is 0.340 e. The summed E-state index contributed by atoms with van der Waals surface area (Å²) >= 11 is 0. The zero-order valence-electron chi connectivity index (χ0n) is 14.8. The number of rotatable bonds is 5. The number of halogens is 2. The Labute approximate surface area is 151 Å². The summed E-state index contributed by atoms with van der Waals surface area (Å²) in [5.41, 5.74) is 3.27. The third kappa shape index (κ3) is 4.14. The van der Waals surface area contributed by atoms with Crippen molar-refractivity contribution in [3.05, 3.63) is 71.4 Å². The van der Waals surface area contributed by atoms with Crippen LogP contribution in [0.3, 0.4) is 0 Å². The van der Waals surface area contributed by atoms with Crippen molar-refractivity contribution in [3.63, 3.8) is 0 Å². The van der Waals surface area contributed by atoms with E-state index >= 15 is 0 Å². The van der Waals surface area contributed by atoms with Gasteiger partial charge in [0, 0.05) is 29.2 Å². The van der Waals surface area contributed by atoms with Crippen LogP contribution >= 0.6 is 0 Å². The second kappa shape index (κ2) is 7.47. The summed E-state index contributed by atoms with van der Waals surface area (Å²) in [5.74, 6) is -0.530. The number of para-hydroxylation sites is 1. The van der Waals surface area contributed by atoms with Gasteiger partial charge in [-0.2, -0.15) is 4.98 Å². The fourth-order valence-electron chi connectivity index (χ4n) is 2.64. The molecule has 1 heterocycles. The lowest BCUT2D eigenvalue weighted by Crippen LogP contribution is -2.04. The van der Waals surface area contributed by atoms with Crippen LogP contribution in [0.1, 0.15) is 31.0 Å². The van der Waals surface area contributed by atoms with Gasteiger partial charge in [-0.25, -0.2) is 13.8 Å². The molecule has 0 bridgehead atoms. The van der Waals surface area contributed by atoms with Crippen LogP contribution in [0.25, 0.3) is 0 Å². The maximum atomic E-state index is 13.4. The van der Waals surface area contributed by atoms with Gasteiger partial charge in [0.15, 0.2) is 11.6 Å². The number of hydrogen-bond acceptors (Lipinski definition) is 4. The minimum absolute atomic E-state index is 0.306. The summed E-state index contributed by atoms with van der Waals surface area (Å²) in [6, 6.07) is 13.4. The molecule has 0 aliphatic rings. The van der Waals surface area contributed by atoms with E-state index in [4.69, 9.17) is 0 Å².